The third kappa shape index (κ3) is 1.73. The van der Waals surface area contributed by atoms with E-state index in [9.17, 15) is 9.18 Å². The monoisotopic (exact) mass is 247 g/mol. The Labute approximate surface area is 102 Å². The van der Waals surface area contributed by atoms with E-state index in [4.69, 9.17) is 0 Å². The molecule has 0 atom stereocenters. The molecular weight excluding hydrogens is 237 g/mol. The number of hydrogen-bond acceptors (Lipinski definition) is 4. The predicted molar refractivity (Wildman–Crippen MR) is 59.0 cm³/mol. The van der Waals surface area contributed by atoms with Crippen LogP contribution in [0.25, 0.3) is 0 Å². The molecule has 3 heterocycles. The van der Waals surface area contributed by atoms with Crippen molar-refractivity contribution in [1.29, 1.82) is 0 Å². The Kier molecular flexibility index (Phi) is 2.51. The van der Waals surface area contributed by atoms with E-state index in [0.29, 0.717) is 25.5 Å². The standard InChI is InChI=1S/C11H10FN5O/c12-10-8(2-1-3-13-10)11(18)16-4-5-17-7-14-15-9(17)6-16/h1-3,7H,4-6H2. The van der Waals surface area contributed by atoms with Crippen LogP contribution in [-0.2, 0) is 13.1 Å². The summed E-state index contributed by atoms with van der Waals surface area (Å²) in [6, 6.07) is 2.98. The highest BCUT2D eigenvalue weighted by molar-refractivity contribution is 5.94. The number of hydrogen-bond donors (Lipinski definition) is 0. The van der Waals surface area contributed by atoms with Gasteiger partial charge in [-0.1, -0.05) is 0 Å². The Hall–Kier alpha value is -2.31. The van der Waals surface area contributed by atoms with Crippen molar-refractivity contribution in [3.8, 4) is 0 Å². The maximum atomic E-state index is 13.4. The molecule has 92 valence electrons. The molecule has 0 unspecified atom stereocenters. The second kappa shape index (κ2) is 4.17. The Bertz CT molecular complexity index is 597. The minimum Gasteiger partial charge on any atom is -0.329 e. The van der Waals surface area contributed by atoms with Crippen LogP contribution >= 0.6 is 0 Å². The molecule has 0 saturated carbocycles. The minimum absolute atomic E-state index is 0.00883. The topological polar surface area (TPSA) is 63.9 Å². The third-order valence-electron chi connectivity index (χ3n) is 2.92. The molecule has 1 aliphatic rings. The maximum Gasteiger partial charge on any atom is 0.258 e. The molecule has 0 fully saturated rings. The normalized spacial score (nSPS) is 14.4. The summed E-state index contributed by atoms with van der Waals surface area (Å²) in [6.45, 7) is 1.47. The lowest BCUT2D eigenvalue weighted by Gasteiger charge is -2.27. The fraction of sp³-hybridized carbons (Fsp3) is 0.273. The summed E-state index contributed by atoms with van der Waals surface area (Å²) in [6.07, 6.45) is 2.95. The number of amides is 1. The van der Waals surface area contributed by atoms with Gasteiger partial charge in [-0.05, 0) is 12.1 Å². The smallest absolute Gasteiger partial charge is 0.258 e. The van der Waals surface area contributed by atoms with Crippen LogP contribution in [0, 0.1) is 5.95 Å². The Balaban J connectivity index is 1.85. The first kappa shape index (κ1) is 10.8. The van der Waals surface area contributed by atoms with Crippen LogP contribution in [0.1, 0.15) is 16.2 Å². The summed E-state index contributed by atoms with van der Waals surface area (Å²) >= 11 is 0. The van der Waals surface area contributed by atoms with Gasteiger partial charge in [0.05, 0.1) is 12.1 Å². The second-order valence-corrected chi connectivity index (χ2v) is 4.01. The highest BCUT2D eigenvalue weighted by Crippen LogP contribution is 2.14. The molecule has 2 aromatic heterocycles. The summed E-state index contributed by atoms with van der Waals surface area (Å²) in [5.41, 5.74) is -0.00883. The molecular formula is C11H10FN5O. The number of pyridine rings is 1. The average molecular weight is 247 g/mol. The van der Waals surface area contributed by atoms with E-state index in [0.717, 1.165) is 0 Å². The fourth-order valence-electron chi connectivity index (χ4n) is 1.96. The van der Waals surface area contributed by atoms with Gasteiger partial charge in [-0.3, -0.25) is 4.79 Å². The predicted octanol–water partition coefficient (Wildman–Crippen LogP) is 0.468. The van der Waals surface area contributed by atoms with Gasteiger partial charge < -0.3 is 9.47 Å². The molecule has 6 nitrogen and oxygen atoms in total. The number of fused-ring (bicyclic) bond motifs is 1. The first-order valence-electron chi connectivity index (χ1n) is 5.52. The first-order valence-corrected chi connectivity index (χ1v) is 5.52. The lowest BCUT2D eigenvalue weighted by atomic mass is 10.2. The quantitative estimate of drug-likeness (QED) is 0.687. The van der Waals surface area contributed by atoms with Crippen LogP contribution < -0.4 is 0 Å². The lowest BCUT2D eigenvalue weighted by molar-refractivity contribution is 0.0701. The largest absolute Gasteiger partial charge is 0.329 e. The molecule has 0 saturated heterocycles. The van der Waals surface area contributed by atoms with Gasteiger partial charge in [0.1, 0.15) is 6.33 Å². The molecule has 0 radical (unpaired) electrons. The zero-order valence-electron chi connectivity index (χ0n) is 9.45. The van der Waals surface area contributed by atoms with Crippen LogP contribution in [0.3, 0.4) is 0 Å². The van der Waals surface area contributed by atoms with Crippen molar-refractivity contribution in [2.75, 3.05) is 6.54 Å². The number of carbonyl (C=O) groups is 1. The maximum absolute atomic E-state index is 13.4. The summed E-state index contributed by atoms with van der Waals surface area (Å²) in [5.74, 6) is -0.400. The van der Waals surface area contributed by atoms with Crippen molar-refractivity contribution in [2.45, 2.75) is 13.1 Å². The molecule has 1 amide bonds. The Morgan fingerprint density at radius 1 is 1.39 bits per heavy atom. The first-order chi connectivity index (χ1) is 8.75. The van der Waals surface area contributed by atoms with Crippen LogP contribution in [0.2, 0.25) is 0 Å². The van der Waals surface area contributed by atoms with Gasteiger partial charge in [0.25, 0.3) is 5.91 Å². The van der Waals surface area contributed by atoms with Crippen molar-refractivity contribution in [3.05, 3.63) is 42.0 Å². The molecule has 3 rings (SSSR count). The summed E-state index contributed by atoms with van der Waals surface area (Å²) in [4.78, 5) is 17.2. The van der Waals surface area contributed by atoms with E-state index < -0.39 is 5.95 Å². The number of carbonyl (C=O) groups excluding carboxylic acids is 1. The van der Waals surface area contributed by atoms with Gasteiger partial charge in [0.2, 0.25) is 5.95 Å². The van der Waals surface area contributed by atoms with Gasteiger partial charge >= 0.3 is 0 Å². The molecule has 0 spiro atoms. The lowest BCUT2D eigenvalue weighted by Crippen LogP contribution is -2.38. The number of rotatable bonds is 1. The molecule has 0 bridgehead atoms. The second-order valence-electron chi connectivity index (χ2n) is 4.01. The Morgan fingerprint density at radius 3 is 3.11 bits per heavy atom. The highest BCUT2D eigenvalue weighted by Gasteiger charge is 2.24. The van der Waals surface area contributed by atoms with Gasteiger partial charge in [0.15, 0.2) is 5.82 Å². The van der Waals surface area contributed by atoms with E-state index in [-0.39, 0.29) is 11.5 Å². The van der Waals surface area contributed by atoms with E-state index in [1.807, 2.05) is 4.57 Å². The number of aromatic nitrogens is 4. The molecule has 7 heteroatoms. The van der Waals surface area contributed by atoms with Crippen LogP contribution in [0.15, 0.2) is 24.7 Å². The zero-order chi connectivity index (χ0) is 12.5. The molecule has 0 aliphatic carbocycles. The summed E-state index contributed by atoms with van der Waals surface area (Å²) < 4.78 is 15.3. The third-order valence-corrected chi connectivity index (χ3v) is 2.92. The molecule has 1 aliphatic heterocycles. The summed E-state index contributed by atoms with van der Waals surface area (Å²) in [7, 11) is 0. The van der Waals surface area contributed by atoms with Crippen molar-refractivity contribution >= 4 is 5.91 Å². The molecule has 0 aromatic carbocycles. The van der Waals surface area contributed by atoms with Gasteiger partial charge in [-0.25, -0.2) is 4.98 Å². The van der Waals surface area contributed by atoms with Gasteiger partial charge in [-0.15, -0.1) is 10.2 Å². The molecule has 0 N–H and O–H groups in total. The van der Waals surface area contributed by atoms with Crippen molar-refractivity contribution in [1.82, 2.24) is 24.6 Å². The van der Waals surface area contributed by atoms with Crippen molar-refractivity contribution in [2.24, 2.45) is 0 Å². The van der Waals surface area contributed by atoms with Gasteiger partial charge in [-0.2, -0.15) is 4.39 Å². The average Bonchev–Trinajstić information content (AvgIpc) is 2.85. The van der Waals surface area contributed by atoms with E-state index >= 15 is 0 Å². The van der Waals surface area contributed by atoms with Crippen LogP contribution in [0.5, 0.6) is 0 Å². The zero-order valence-corrected chi connectivity index (χ0v) is 9.45. The SMILES string of the molecule is O=C(c1cccnc1F)N1CCn2cnnc2C1. The van der Waals surface area contributed by atoms with E-state index in [1.165, 1.54) is 12.3 Å². The number of nitrogens with zero attached hydrogens (tertiary/aromatic N) is 5. The van der Waals surface area contributed by atoms with Crippen LogP contribution in [-0.4, -0.2) is 37.1 Å². The van der Waals surface area contributed by atoms with E-state index in [2.05, 4.69) is 15.2 Å². The summed E-state index contributed by atoms with van der Waals surface area (Å²) in [5, 5.41) is 7.69. The number of halogens is 1. The molecule has 2 aromatic rings. The highest BCUT2D eigenvalue weighted by atomic mass is 19.1. The van der Waals surface area contributed by atoms with Crippen LogP contribution in [0.4, 0.5) is 4.39 Å². The fourth-order valence-corrected chi connectivity index (χ4v) is 1.96. The Morgan fingerprint density at radius 2 is 2.28 bits per heavy atom. The minimum atomic E-state index is -0.741. The van der Waals surface area contributed by atoms with E-state index in [1.54, 1.807) is 17.3 Å². The molecule has 18 heavy (non-hydrogen) atoms. The van der Waals surface area contributed by atoms with Gasteiger partial charge in [0, 0.05) is 19.3 Å². The van der Waals surface area contributed by atoms with Crippen molar-refractivity contribution < 1.29 is 9.18 Å². The van der Waals surface area contributed by atoms with Crippen molar-refractivity contribution in [3.63, 3.8) is 0 Å².